The smallest absolute Gasteiger partial charge is 0.270 e. The monoisotopic (exact) mass is 387 g/mol. The maximum Gasteiger partial charge on any atom is 0.270 e. The summed E-state index contributed by atoms with van der Waals surface area (Å²) in [5, 5.41) is 9.05. The average molecular weight is 388 g/mol. The van der Waals surface area contributed by atoms with E-state index in [0.29, 0.717) is 22.4 Å². The number of rotatable bonds is 7. The van der Waals surface area contributed by atoms with Crippen molar-refractivity contribution in [3.05, 3.63) is 70.2 Å². The van der Waals surface area contributed by atoms with E-state index in [9.17, 15) is 4.79 Å². The fourth-order valence-electron chi connectivity index (χ4n) is 2.33. The van der Waals surface area contributed by atoms with Crippen LogP contribution in [0.25, 0.3) is 0 Å². The fourth-order valence-corrected chi connectivity index (χ4v) is 3.23. The molecule has 0 atom stereocenters. The van der Waals surface area contributed by atoms with Gasteiger partial charge in [-0.05, 0) is 42.3 Å². The second-order valence-electron chi connectivity index (χ2n) is 5.53. The molecule has 2 aromatic carbocycles. The van der Waals surface area contributed by atoms with Crippen molar-refractivity contribution >= 4 is 39.7 Å². The first-order valence-electron chi connectivity index (χ1n) is 8.03. The lowest BCUT2D eigenvalue weighted by Gasteiger charge is -2.05. The number of hydrogen-bond donors (Lipinski definition) is 2. The normalized spacial score (nSPS) is 10.4. The molecule has 0 aliphatic heterocycles. The molecule has 2 N–H and O–H groups in total. The van der Waals surface area contributed by atoms with Gasteiger partial charge in [0.1, 0.15) is 11.4 Å². The Labute approximate surface area is 161 Å². The molecule has 0 bridgehead atoms. The number of nitrogens with zero attached hydrogens (tertiary/aromatic N) is 1. The van der Waals surface area contributed by atoms with Gasteiger partial charge in [0.25, 0.3) is 5.91 Å². The molecule has 0 spiro atoms. The van der Waals surface area contributed by atoms with Gasteiger partial charge in [0.05, 0.1) is 7.11 Å². The Morgan fingerprint density at radius 2 is 2.04 bits per heavy atom. The van der Waals surface area contributed by atoms with Crippen LogP contribution in [0.4, 0.5) is 10.8 Å². The van der Waals surface area contributed by atoms with E-state index in [1.54, 1.807) is 24.6 Å². The zero-order valence-corrected chi connectivity index (χ0v) is 15.7. The zero-order valence-electron chi connectivity index (χ0n) is 14.2. The van der Waals surface area contributed by atoms with Crippen LogP contribution in [0.2, 0.25) is 5.02 Å². The zero-order chi connectivity index (χ0) is 18.4. The molecule has 0 saturated heterocycles. The van der Waals surface area contributed by atoms with E-state index < -0.39 is 0 Å². The number of aromatic nitrogens is 1. The Kier molecular flexibility index (Phi) is 6.09. The van der Waals surface area contributed by atoms with Crippen molar-refractivity contribution in [2.75, 3.05) is 19.0 Å². The first kappa shape index (κ1) is 18.2. The number of anilines is 2. The number of halogens is 1. The summed E-state index contributed by atoms with van der Waals surface area (Å²) >= 11 is 7.34. The highest BCUT2D eigenvalue weighted by atomic mass is 35.5. The topological polar surface area (TPSA) is 63.2 Å². The van der Waals surface area contributed by atoms with Gasteiger partial charge in [0, 0.05) is 22.6 Å². The lowest BCUT2D eigenvalue weighted by atomic mass is 10.1. The summed E-state index contributed by atoms with van der Waals surface area (Å²) in [5.41, 5.74) is 2.36. The number of carbonyl (C=O) groups is 1. The number of carbonyl (C=O) groups excluding carboxylic acids is 1. The van der Waals surface area contributed by atoms with Crippen molar-refractivity contribution in [2.45, 2.75) is 6.42 Å². The molecule has 134 valence electrons. The molecule has 1 amide bonds. The highest BCUT2D eigenvalue weighted by Gasteiger charge is 2.10. The number of benzene rings is 2. The minimum Gasteiger partial charge on any atom is -0.497 e. The van der Waals surface area contributed by atoms with Crippen LogP contribution < -0.4 is 15.4 Å². The molecular formula is C19H18ClN3O2S. The minimum atomic E-state index is -0.186. The highest BCUT2D eigenvalue weighted by Crippen LogP contribution is 2.23. The van der Waals surface area contributed by atoms with Gasteiger partial charge >= 0.3 is 0 Å². The van der Waals surface area contributed by atoms with Gasteiger partial charge < -0.3 is 15.4 Å². The average Bonchev–Trinajstić information content (AvgIpc) is 3.11. The number of amides is 1. The molecule has 1 aromatic heterocycles. The quantitative estimate of drug-likeness (QED) is 0.625. The second-order valence-corrected chi connectivity index (χ2v) is 6.82. The second kappa shape index (κ2) is 8.69. The molecule has 3 rings (SSSR count). The Hall–Kier alpha value is -2.57. The lowest BCUT2D eigenvalue weighted by Crippen LogP contribution is -2.25. The van der Waals surface area contributed by atoms with Crippen molar-refractivity contribution in [1.29, 1.82) is 0 Å². The van der Waals surface area contributed by atoms with Crippen LogP contribution in [0, 0.1) is 0 Å². The molecule has 0 aliphatic rings. The van der Waals surface area contributed by atoms with Crippen LogP contribution in [0.3, 0.4) is 0 Å². The summed E-state index contributed by atoms with van der Waals surface area (Å²) in [4.78, 5) is 16.5. The van der Waals surface area contributed by atoms with Gasteiger partial charge in [0.2, 0.25) is 0 Å². The molecule has 0 radical (unpaired) electrons. The van der Waals surface area contributed by atoms with Crippen LogP contribution in [-0.2, 0) is 6.42 Å². The number of thiazole rings is 1. The predicted molar refractivity (Wildman–Crippen MR) is 106 cm³/mol. The first-order valence-corrected chi connectivity index (χ1v) is 9.29. The Balaban J connectivity index is 1.51. The van der Waals surface area contributed by atoms with E-state index in [-0.39, 0.29) is 5.91 Å². The van der Waals surface area contributed by atoms with E-state index >= 15 is 0 Å². The van der Waals surface area contributed by atoms with Gasteiger partial charge in [0.15, 0.2) is 5.13 Å². The lowest BCUT2D eigenvalue weighted by molar-refractivity contribution is 0.0950. The SMILES string of the molecule is COc1ccc(CCNC(=O)c2csc(Nc3cccc(Cl)c3)n2)cc1. The molecule has 26 heavy (non-hydrogen) atoms. The van der Waals surface area contributed by atoms with Crippen LogP contribution in [0.5, 0.6) is 5.75 Å². The van der Waals surface area contributed by atoms with E-state index in [1.807, 2.05) is 36.4 Å². The molecule has 0 unspecified atom stereocenters. The third-order valence-electron chi connectivity index (χ3n) is 3.67. The van der Waals surface area contributed by atoms with Gasteiger partial charge in [-0.25, -0.2) is 4.98 Å². The molecule has 7 heteroatoms. The van der Waals surface area contributed by atoms with E-state index in [2.05, 4.69) is 15.6 Å². The molecular weight excluding hydrogens is 370 g/mol. The largest absolute Gasteiger partial charge is 0.497 e. The van der Waals surface area contributed by atoms with Gasteiger partial charge in [-0.15, -0.1) is 11.3 Å². The molecule has 3 aromatic rings. The molecule has 1 heterocycles. The predicted octanol–water partition coefficient (Wildman–Crippen LogP) is 4.52. The summed E-state index contributed by atoms with van der Waals surface area (Å²) in [6, 6.07) is 15.1. The Bertz CT molecular complexity index is 881. The summed E-state index contributed by atoms with van der Waals surface area (Å²) in [5.74, 6) is 0.633. The van der Waals surface area contributed by atoms with E-state index in [4.69, 9.17) is 16.3 Å². The van der Waals surface area contributed by atoms with Crippen molar-refractivity contribution < 1.29 is 9.53 Å². The Morgan fingerprint density at radius 3 is 2.77 bits per heavy atom. The number of hydrogen-bond acceptors (Lipinski definition) is 5. The number of methoxy groups -OCH3 is 1. The Morgan fingerprint density at radius 1 is 1.23 bits per heavy atom. The molecule has 0 fully saturated rings. The maximum absolute atomic E-state index is 12.2. The molecule has 0 aliphatic carbocycles. The minimum absolute atomic E-state index is 0.186. The maximum atomic E-state index is 12.2. The molecule has 5 nitrogen and oxygen atoms in total. The van der Waals surface area contributed by atoms with Crippen LogP contribution in [0.1, 0.15) is 16.1 Å². The summed E-state index contributed by atoms with van der Waals surface area (Å²) in [6.07, 6.45) is 0.744. The van der Waals surface area contributed by atoms with Gasteiger partial charge in [-0.3, -0.25) is 4.79 Å². The summed E-state index contributed by atoms with van der Waals surface area (Å²) in [7, 11) is 1.64. The van der Waals surface area contributed by atoms with Crippen molar-refractivity contribution in [3.63, 3.8) is 0 Å². The fraction of sp³-hybridized carbons (Fsp3) is 0.158. The third kappa shape index (κ3) is 4.97. The molecule has 0 saturated carbocycles. The van der Waals surface area contributed by atoms with Crippen molar-refractivity contribution in [3.8, 4) is 5.75 Å². The van der Waals surface area contributed by atoms with Gasteiger partial charge in [-0.1, -0.05) is 29.8 Å². The first-order chi connectivity index (χ1) is 12.6. The standard InChI is InChI=1S/C19H18ClN3O2S/c1-25-16-7-5-13(6-8-16)9-10-21-18(24)17-12-26-19(23-17)22-15-4-2-3-14(20)11-15/h2-8,11-12H,9-10H2,1H3,(H,21,24)(H,22,23). The summed E-state index contributed by atoms with van der Waals surface area (Å²) in [6.45, 7) is 0.541. The van der Waals surface area contributed by atoms with Crippen LogP contribution >= 0.6 is 22.9 Å². The van der Waals surface area contributed by atoms with Crippen molar-refractivity contribution in [2.24, 2.45) is 0 Å². The van der Waals surface area contributed by atoms with E-state index in [1.165, 1.54) is 11.3 Å². The van der Waals surface area contributed by atoms with E-state index in [0.717, 1.165) is 23.4 Å². The van der Waals surface area contributed by atoms with Crippen LogP contribution in [-0.4, -0.2) is 24.5 Å². The summed E-state index contributed by atoms with van der Waals surface area (Å²) < 4.78 is 5.13. The number of ether oxygens (including phenoxy) is 1. The van der Waals surface area contributed by atoms with Crippen LogP contribution in [0.15, 0.2) is 53.9 Å². The number of nitrogens with one attached hydrogen (secondary N) is 2. The van der Waals surface area contributed by atoms with Crippen molar-refractivity contribution in [1.82, 2.24) is 10.3 Å². The highest BCUT2D eigenvalue weighted by molar-refractivity contribution is 7.14. The third-order valence-corrected chi connectivity index (χ3v) is 4.66. The van der Waals surface area contributed by atoms with Gasteiger partial charge in [-0.2, -0.15) is 0 Å².